The summed E-state index contributed by atoms with van der Waals surface area (Å²) in [6, 6.07) is 16.8. The molecule has 0 fully saturated rings. The van der Waals surface area contributed by atoms with Crippen molar-refractivity contribution in [3.8, 4) is 0 Å². The van der Waals surface area contributed by atoms with Gasteiger partial charge in [0.1, 0.15) is 0 Å². The Hall–Kier alpha value is -2.34. The Morgan fingerprint density at radius 2 is 1.38 bits per heavy atom. The van der Waals surface area contributed by atoms with Crippen molar-refractivity contribution in [1.82, 2.24) is 0 Å². The fourth-order valence-corrected chi connectivity index (χ4v) is 2.49. The maximum atomic E-state index is 4.25. The molecule has 0 N–H and O–H groups in total. The van der Waals surface area contributed by atoms with Crippen LogP contribution in [-0.4, -0.2) is 0 Å². The fourth-order valence-electron chi connectivity index (χ4n) is 2.49. The smallest absolute Gasteiger partial charge is 0.0155 e. The molecule has 0 aliphatic heterocycles. The third kappa shape index (κ3) is 3.61. The molecule has 0 nitrogen and oxygen atoms in total. The van der Waals surface area contributed by atoms with Crippen LogP contribution in [0.25, 0.3) is 11.1 Å². The summed E-state index contributed by atoms with van der Waals surface area (Å²) in [5, 5.41) is 0. The highest BCUT2D eigenvalue weighted by Gasteiger charge is 2.04. The van der Waals surface area contributed by atoms with Gasteiger partial charge < -0.3 is 0 Å². The lowest BCUT2D eigenvalue weighted by Gasteiger charge is -2.10. The van der Waals surface area contributed by atoms with Crippen LogP contribution in [0.5, 0.6) is 0 Å². The molecule has 0 radical (unpaired) electrons. The summed E-state index contributed by atoms with van der Waals surface area (Å²) in [6.45, 7) is 10.6. The molecule has 0 unspecified atom stereocenters. The van der Waals surface area contributed by atoms with Crippen LogP contribution in [0.1, 0.15) is 29.2 Å². The number of hydrogen-bond acceptors (Lipinski definition) is 0. The molecule has 0 amide bonds. The summed E-state index contributed by atoms with van der Waals surface area (Å²) in [6.07, 6.45) is 6.39. The molecule has 0 bridgehead atoms. The average molecular weight is 274 g/mol. The Bertz CT molecular complexity index is 699. The van der Waals surface area contributed by atoms with E-state index >= 15 is 0 Å². The van der Waals surface area contributed by atoms with Gasteiger partial charge in [0.25, 0.3) is 0 Å². The first-order valence-corrected chi connectivity index (χ1v) is 7.28. The summed E-state index contributed by atoms with van der Waals surface area (Å²) in [5.74, 6) is 0. The maximum absolute atomic E-state index is 4.25. The van der Waals surface area contributed by atoms with Crippen molar-refractivity contribution in [3.05, 3.63) is 95.6 Å². The van der Waals surface area contributed by atoms with Gasteiger partial charge in [0.15, 0.2) is 0 Å². The molecule has 21 heavy (non-hydrogen) atoms. The fraction of sp³-hybridized carbons (Fsp3) is 0.143. The van der Waals surface area contributed by atoms with E-state index in [-0.39, 0.29) is 0 Å². The first-order valence-electron chi connectivity index (χ1n) is 7.28. The Morgan fingerprint density at radius 3 is 1.90 bits per heavy atom. The summed E-state index contributed by atoms with van der Waals surface area (Å²) >= 11 is 0. The summed E-state index contributed by atoms with van der Waals surface area (Å²) in [7, 11) is 0. The lowest BCUT2D eigenvalue weighted by Crippen LogP contribution is -1.89. The summed E-state index contributed by atoms with van der Waals surface area (Å²) in [5.41, 5.74) is 7.23. The maximum Gasteiger partial charge on any atom is -0.0155 e. The second kappa shape index (κ2) is 6.90. The van der Waals surface area contributed by atoms with Gasteiger partial charge in [-0.15, -0.1) is 0 Å². The molecule has 0 aliphatic rings. The van der Waals surface area contributed by atoms with Gasteiger partial charge in [-0.1, -0.05) is 67.3 Å². The van der Waals surface area contributed by atoms with Gasteiger partial charge in [0.05, 0.1) is 0 Å². The monoisotopic (exact) mass is 274 g/mol. The molecule has 2 aromatic carbocycles. The third-order valence-corrected chi connectivity index (χ3v) is 3.62. The normalized spacial score (nSPS) is 11.9. The van der Waals surface area contributed by atoms with Gasteiger partial charge in [0.2, 0.25) is 0 Å². The van der Waals surface area contributed by atoms with Crippen LogP contribution < -0.4 is 0 Å². The lowest BCUT2D eigenvalue weighted by atomic mass is 9.95. The minimum absolute atomic E-state index is 1.05. The van der Waals surface area contributed by atoms with Crippen LogP contribution >= 0.6 is 0 Å². The standard InChI is InChI=1S/C21H22/c1-5-10-19(21-14-9-7-12-17(21)3)15-18(4)20-13-8-6-11-16(20)2/h5-15H,4H2,1-3H3/b10-5-,19-15+. The molecule has 2 aromatic rings. The van der Waals surface area contributed by atoms with Crippen molar-refractivity contribution in [3.63, 3.8) is 0 Å². The predicted molar refractivity (Wildman–Crippen MR) is 94.2 cm³/mol. The molecular weight excluding hydrogens is 252 g/mol. The van der Waals surface area contributed by atoms with E-state index in [1.165, 1.54) is 27.8 Å². The van der Waals surface area contributed by atoms with Crippen LogP contribution in [0, 0.1) is 13.8 Å². The number of rotatable bonds is 4. The van der Waals surface area contributed by atoms with Crippen molar-refractivity contribution in [1.29, 1.82) is 0 Å². The highest BCUT2D eigenvalue weighted by atomic mass is 14.1. The number of allylic oxidation sites excluding steroid dienone is 5. The SMILES string of the molecule is C=C(/C=C(\C=C/C)c1ccccc1C)c1ccccc1C. The Balaban J connectivity index is 2.46. The molecule has 106 valence electrons. The van der Waals surface area contributed by atoms with E-state index in [1.54, 1.807) is 0 Å². The van der Waals surface area contributed by atoms with E-state index in [0.29, 0.717) is 0 Å². The van der Waals surface area contributed by atoms with E-state index in [4.69, 9.17) is 0 Å². The first kappa shape index (κ1) is 15.1. The van der Waals surface area contributed by atoms with Crippen LogP contribution in [0.2, 0.25) is 0 Å². The van der Waals surface area contributed by atoms with E-state index in [1.807, 2.05) is 6.92 Å². The van der Waals surface area contributed by atoms with Crippen molar-refractivity contribution < 1.29 is 0 Å². The predicted octanol–water partition coefficient (Wildman–Crippen LogP) is 5.98. The molecule has 0 heteroatoms. The number of aryl methyl sites for hydroxylation is 2. The molecule has 0 saturated heterocycles. The van der Waals surface area contributed by atoms with Gasteiger partial charge in [-0.05, 0) is 60.2 Å². The zero-order valence-electron chi connectivity index (χ0n) is 13.1. The van der Waals surface area contributed by atoms with E-state index < -0.39 is 0 Å². The molecule has 2 rings (SSSR count). The van der Waals surface area contributed by atoms with Gasteiger partial charge in [-0.25, -0.2) is 0 Å². The third-order valence-electron chi connectivity index (χ3n) is 3.62. The van der Waals surface area contributed by atoms with E-state index in [0.717, 1.165) is 5.57 Å². The van der Waals surface area contributed by atoms with E-state index in [2.05, 4.69) is 87.2 Å². The molecule has 0 aliphatic carbocycles. The van der Waals surface area contributed by atoms with Gasteiger partial charge in [-0.2, -0.15) is 0 Å². The van der Waals surface area contributed by atoms with Crippen molar-refractivity contribution in [2.75, 3.05) is 0 Å². The molecule has 0 spiro atoms. The average Bonchev–Trinajstić information content (AvgIpc) is 2.47. The number of hydrogen-bond donors (Lipinski definition) is 0. The molecular formula is C21H22. The Labute approximate surface area is 128 Å². The Kier molecular flexibility index (Phi) is 4.94. The second-order valence-corrected chi connectivity index (χ2v) is 5.25. The van der Waals surface area contributed by atoms with Crippen molar-refractivity contribution in [2.24, 2.45) is 0 Å². The molecule has 0 saturated carbocycles. The van der Waals surface area contributed by atoms with Crippen LogP contribution in [0.15, 0.2) is 73.3 Å². The molecule has 0 atom stereocenters. The van der Waals surface area contributed by atoms with Gasteiger partial charge in [0, 0.05) is 0 Å². The first-order chi connectivity index (χ1) is 10.1. The quantitative estimate of drug-likeness (QED) is 0.602. The number of benzene rings is 2. The zero-order valence-corrected chi connectivity index (χ0v) is 13.1. The highest BCUT2D eigenvalue weighted by molar-refractivity contribution is 5.88. The second-order valence-electron chi connectivity index (χ2n) is 5.25. The van der Waals surface area contributed by atoms with E-state index in [9.17, 15) is 0 Å². The minimum atomic E-state index is 1.05. The van der Waals surface area contributed by atoms with Crippen LogP contribution in [0.4, 0.5) is 0 Å². The minimum Gasteiger partial charge on any atom is -0.0911 e. The summed E-state index contributed by atoms with van der Waals surface area (Å²) in [4.78, 5) is 0. The molecule has 0 aromatic heterocycles. The largest absolute Gasteiger partial charge is 0.0911 e. The topological polar surface area (TPSA) is 0 Å². The van der Waals surface area contributed by atoms with Gasteiger partial charge >= 0.3 is 0 Å². The zero-order chi connectivity index (χ0) is 15.2. The summed E-state index contributed by atoms with van der Waals surface area (Å²) < 4.78 is 0. The van der Waals surface area contributed by atoms with Crippen LogP contribution in [-0.2, 0) is 0 Å². The van der Waals surface area contributed by atoms with Crippen molar-refractivity contribution in [2.45, 2.75) is 20.8 Å². The highest BCUT2D eigenvalue weighted by Crippen LogP contribution is 2.26. The van der Waals surface area contributed by atoms with Crippen LogP contribution in [0.3, 0.4) is 0 Å². The van der Waals surface area contributed by atoms with Crippen molar-refractivity contribution >= 4 is 11.1 Å². The Morgan fingerprint density at radius 1 is 0.857 bits per heavy atom. The van der Waals surface area contributed by atoms with Gasteiger partial charge in [-0.3, -0.25) is 0 Å². The lowest BCUT2D eigenvalue weighted by molar-refractivity contribution is 1.42. The molecule has 0 heterocycles.